The van der Waals surface area contributed by atoms with Gasteiger partial charge in [0.25, 0.3) is 5.56 Å². The Hall–Kier alpha value is -3.20. The Morgan fingerprint density at radius 3 is 2.52 bits per heavy atom. The van der Waals surface area contributed by atoms with Crippen molar-refractivity contribution in [3.05, 3.63) is 88.5 Å². The molecule has 0 bridgehead atoms. The molecule has 3 nitrogen and oxygen atoms in total. The van der Waals surface area contributed by atoms with Crippen molar-refractivity contribution >= 4 is 33.8 Å². The quantitative estimate of drug-likeness (QED) is 0.601. The lowest BCUT2D eigenvalue weighted by atomic mass is 10.1. The summed E-state index contributed by atoms with van der Waals surface area (Å²) in [4.78, 5) is 19.3. The number of nitrogens with zero attached hydrogens (tertiary/aromatic N) is 1. The molecule has 0 aliphatic heterocycles. The molecule has 1 heterocycles. The first-order valence-electron chi connectivity index (χ1n) is 7.45. The molecule has 0 aliphatic rings. The molecular formula is C20H14N2O. The monoisotopic (exact) mass is 298 g/mol. The fourth-order valence-corrected chi connectivity index (χ4v) is 2.67. The highest BCUT2D eigenvalue weighted by atomic mass is 16.1. The van der Waals surface area contributed by atoms with Gasteiger partial charge in [-0.3, -0.25) is 4.79 Å². The van der Waals surface area contributed by atoms with E-state index in [2.05, 4.69) is 40.3 Å². The standard InChI is InChI=1S/C20H14N2O/c23-20-17-7-3-4-8-18(17)21-19(22-20)12-10-14-9-11-15-5-1-2-6-16(15)13-14/h1-13H,(H,21,22,23)/b12-10+. The van der Waals surface area contributed by atoms with Gasteiger partial charge in [0.05, 0.1) is 10.9 Å². The molecule has 0 atom stereocenters. The maximum atomic E-state index is 12.1. The van der Waals surface area contributed by atoms with Crippen LogP contribution in [0.5, 0.6) is 0 Å². The average molecular weight is 298 g/mol. The highest BCUT2D eigenvalue weighted by Gasteiger charge is 2.00. The van der Waals surface area contributed by atoms with Gasteiger partial charge in [0, 0.05) is 0 Å². The van der Waals surface area contributed by atoms with Gasteiger partial charge in [-0.15, -0.1) is 0 Å². The molecule has 4 aromatic rings. The fourth-order valence-electron chi connectivity index (χ4n) is 2.67. The summed E-state index contributed by atoms with van der Waals surface area (Å²) >= 11 is 0. The second kappa shape index (κ2) is 5.54. The molecule has 0 amide bonds. The first kappa shape index (κ1) is 13.5. The Kier molecular flexibility index (Phi) is 3.24. The zero-order valence-electron chi connectivity index (χ0n) is 12.4. The lowest BCUT2D eigenvalue weighted by Gasteiger charge is -2.00. The number of H-pyrrole nitrogens is 1. The summed E-state index contributed by atoms with van der Waals surface area (Å²) in [6, 6.07) is 21.8. The van der Waals surface area contributed by atoms with Crippen molar-refractivity contribution < 1.29 is 0 Å². The van der Waals surface area contributed by atoms with Gasteiger partial charge in [0.15, 0.2) is 0 Å². The minimum atomic E-state index is -0.117. The van der Waals surface area contributed by atoms with E-state index < -0.39 is 0 Å². The summed E-state index contributed by atoms with van der Waals surface area (Å²) in [5.74, 6) is 0.557. The third-order valence-corrected chi connectivity index (χ3v) is 3.84. The molecule has 0 aliphatic carbocycles. The van der Waals surface area contributed by atoms with Crippen molar-refractivity contribution in [3.63, 3.8) is 0 Å². The van der Waals surface area contributed by atoms with E-state index in [1.54, 1.807) is 6.07 Å². The van der Waals surface area contributed by atoms with Crippen LogP contribution < -0.4 is 5.56 Å². The molecule has 0 spiro atoms. The number of fused-ring (bicyclic) bond motifs is 2. The van der Waals surface area contributed by atoms with Crippen LogP contribution in [0.4, 0.5) is 0 Å². The van der Waals surface area contributed by atoms with Gasteiger partial charge in [-0.05, 0) is 40.6 Å². The third-order valence-electron chi connectivity index (χ3n) is 3.84. The second-order valence-corrected chi connectivity index (χ2v) is 5.41. The molecule has 23 heavy (non-hydrogen) atoms. The van der Waals surface area contributed by atoms with Gasteiger partial charge >= 0.3 is 0 Å². The predicted octanol–water partition coefficient (Wildman–Crippen LogP) is 4.25. The number of hydrogen-bond donors (Lipinski definition) is 1. The molecule has 1 N–H and O–H groups in total. The molecule has 3 aromatic carbocycles. The highest BCUT2D eigenvalue weighted by molar-refractivity contribution is 5.86. The van der Waals surface area contributed by atoms with Gasteiger partial charge in [-0.25, -0.2) is 4.98 Å². The van der Waals surface area contributed by atoms with Crippen molar-refractivity contribution in [2.45, 2.75) is 0 Å². The van der Waals surface area contributed by atoms with E-state index in [9.17, 15) is 4.79 Å². The average Bonchev–Trinajstić information content (AvgIpc) is 2.60. The Bertz CT molecular complexity index is 1090. The SMILES string of the molecule is O=c1[nH]c(/C=C/c2ccc3ccccc3c2)nc2ccccc12. The number of nitrogens with one attached hydrogen (secondary N) is 1. The molecule has 3 heteroatoms. The summed E-state index contributed by atoms with van der Waals surface area (Å²) in [7, 11) is 0. The molecule has 110 valence electrons. The maximum absolute atomic E-state index is 12.1. The molecule has 0 saturated heterocycles. The van der Waals surface area contributed by atoms with E-state index in [0.717, 1.165) is 5.56 Å². The number of rotatable bonds is 2. The van der Waals surface area contributed by atoms with Gasteiger partial charge < -0.3 is 4.98 Å². The Morgan fingerprint density at radius 2 is 1.61 bits per heavy atom. The number of aromatic nitrogens is 2. The second-order valence-electron chi connectivity index (χ2n) is 5.41. The van der Waals surface area contributed by atoms with Crippen LogP contribution in [0.25, 0.3) is 33.8 Å². The van der Waals surface area contributed by atoms with Crippen LogP contribution in [0.15, 0.2) is 71.5 Å². The molecule has 0 radical (unpaired) electrons. The molecule has 4 rings (SSSR count). The van der Waals surface area contributed by atoms with E-state index >= 15 is 0 Å². The number of benzene rings is 3. The smallest absolute Gasteiger partial charge is 0.259 e. The van der Waals surface area contributed by atoms with Gasteiger partial charge in [0.1, 0.15) is 5.82 Å². The van der Waals surface area contributed by atoms with E-state index in [4.69, 9.17) is 0 Å². The van der Waals surface area contributed by atoms with E-state index in [1.807, 2.05) is 42.5 Å². The van der Waals surface area contributed by atoms with Crippen LogP contribution in [-0.4, -0.2) is 9.97 Å². The molecule has 0 unspecified atom stereocenters. The fraction of sp³-hybridized carbons (Fsp3) is 0. The number of aromatic amines is 1. The van der Waals surface area contributed by atoms with Gasteiger partial charge in [0.2, 0.25) is 0 Å². The zero-order valence-corrected chi connectivity index (χ0v) is 12.4. The molecule has 1 aromatic heterocycles. The minimum Gasteiger partial charge on any atom is -0.306 e. The lowest BCUT2D eigenvalue weighted by molar-refractivity contribution is 1.14. The van der Waals surface area contributed by atoms with Crippen LogP contribution in [0.1, 0.15) is 11.4 Å². The largest absolute Gasteiger partial charge is 0.306 e. The van der Waals surface area contributed by atoms with Gasteiger partial charge in [-0.2, -0.15) is 0 Å². The van der Waals surface area contributed by atoms with Crippen molar-refractivity contribution in [3.8, 4) is 0 Å². The summed E-state index contributed by atoms with van der Waals surface area (Å²) in [6.45, 7) is 0. The first-order chi connectivity index (χ1) is 11.3. The van der Waals surface area contributed by atoms with Crippen LogP contribution in [-0.2, 0) is 0 Å². The topological polar surface area (TPSA) is 45.8 Å². The summed E-state index contributed by atoms with van der Waals surface area (Å²) in [6.07, 6.45) is 3.79. The summed E-state index contributed by atoms with van der Waals surface area (Å²) < 4.78 is 0. The van der Waals surface area contributed by atoms with Crippen LogP contribution in [0.2, 0.25) is 0 Å². The molecular weight excluding hydrogens is 284 g/mol. The van der Waals surface area contributed by atoms with E-state index in [0.29, 0.717) is 16.7 Å². The Balaban J connectivity index is 1.73. The summed E-state index contributed by atoms with van der Waals surface area (Å²) in [5.41, 5.74) is 1.66. The minimum absolute atomic E-state index is 0.117. The van der Waals surface area contributed by atoms with Crippen LogP contribution in [0, 0.1) is 0 Å². The maximum Gasteiger partial charge on any atom is 0.259 e. The highest BCUT2D eigenvalue weighted by Crippen LogP contribution is 2.17. The Morgan fingerprint density at radius 1 is 0.826 bits per heavy atom. The third kappa shape index (κ3) is 2.64. The number of hydrogen-bond acceptors (Lipinski definition) is 2. The van der Waals surface area contributed by atoms with Gasteiger partial charge in [-0.1, -0.05) is 54.6 Å². The molecule has 0 saturated carbocycles. The normalized spacial score (nSPS) is 11.5. The first-order valence-corrected chi connectivity index (χ1v) is 7.45. The van der Waals surface area contributed by atoms with Crippen molar-refractivity contribution in [2.75, 3.05) is 0 Å². The molecule has 0 fully saturated rings. The van der Waals surface area contributed by atoms with Crippen molar-refractivity contribution in [2.24, 2.45) is 0 Å². The van der Waals surface area contributed by atoms with E-state index in [-0.39, 0.29) is 5.56 Å². The Labute approximate surface area is 132 Å². The predicted molar refractivity (Wildman–Crippen MR) is 95.2 cm³/mol. The zero-order chi connectivity index (χ0) is 15.6. The number of para-hydroxylation sites is 1. The van der Waals surface area contributed by atoms with Crippen molar-refractivity contribution in [1.82, 2.24) is 9.97 Å². The van der Waals surface area contributed by atoms with Crippen molar-refractivity contribution in [1.29, 1.82) is 0 Å². The lowest BCUT2D eigenvalue weighted by Crippen LogP contribution is -2.09. The van der Waals surface area contributed by atoms with E-state index in [1.165, 1.54) is 10.8 Å². The summed E-state index contributed by atoms with van der Waals surface area (Å²) in [5, 5.41) is 3.01. The van der Waals surface area contributed by atoms with Crippen LogP contribution >= 0.6 is 0 Å². The van der Waals surface area contributed by atoms with Crippen LogP contribution in [0.3, 0.4) is 0 Å².